The molecule has 1 saturated carbocycles. The third-order valence-electron chi connectivity index (χ3n) is 4.48. The summed E-state index contributed by atoms with van der Waals surface area (Å²) >= 11 is 5.83. The molecule has 1 aromatic heterocycles. The van der Waals surface area contributed by atoms with Crippen LogP contribution in [0.3, 0.4) is 0 Å². The van der Waals surface area contributed by atoms with Crippen LogP contribution < -0.4 is 0 Å². The van der Waals surface area contributed by atoms with Crippen molar-refractivity contribution in [2.24, 2.45) is 0 Å². The van der Waals surface area contributed by atoms with Crippen molar-refractivity contribution >= 4 is 21.6 Å². The maximum atomic E-state index is 12.7. The fraction of sp³-hybridized carbons (Fsp3) is 0.467. The zero-order chi connectivity index (χ0) is 16.0. The average molecular weight is 353 g/mol. The second kappa shape index (κ2) is 5.58. The second-order valence-corrected chi connectivity index (χ2v) is 8.53. The normalized spacial score (nSPS) is 22.6. The number of benzene rings is 1. The summed E-state index contributed by atoms with van der Waals surface area (Å²) in [5.74, 6) is 0.555. The lowest BCUT2D eigenvalue weighted by Crippen LogP contribution is -2.29. The average Bonchev–Trinajstić information content (AvgIpc) is 3.07. The van der Waals surface area contributed by atoms with E-state index in [-0.39, 0.29) is 10.9 Å². The second-order valence-electron chi connectivity index (χ2n) is 6.16. The number of hydrogen-bond acceptors (Lipinski definition) is 4. The van der Waals surface area contributed by atoms with Gasteiger partial charge in [-0.15, -0.1) is 5.10 Å². The minimum Gasteiger partial charge on any atom is -0.248 e. The smallest absolute Gasteiger partial charge is 0.243 e. The zero-order valence-corrected chi connectivity index (χ0v) is 14.0. The highest BCUT2D eigenvalue weighted by atomic mass is 35.5. The fourth-order valence-electron chi connectivity index (χ4n) is 2.94. The van der Waals surface area contributed by atoms with Crippen molar-refractivity contribution in [2.75, 3.05) is 13.1 Å². The Morgan fingerprint density at radius 1 is 1.13 bits per heavy atom. The van der Waals surface area contributed by atoms with Gasteiger partial charge in [0.2, 0.25) is 10.0 Å². The third-order valence-corrected chi connectivity index (χ3v) is 6.61. The molecule has 4 rings (SSSR count). The van der Waals surface area contributed by atoms with Gasteiger partial charge in [0, 0.05) is 30.2 Å². The predicted octanol–water partition coefficient (Wildman–Crippen LogP) is 2.44. The van der Waals surface area contributed by atoms with Crippen LogP contribution in [0, 0.1) is 0 Å². The van der Waals surface area contributed by atoms with Crippen LogP contribution in [0.1, 0.15) is 36.9 Å². The molecule has 1 aliphatic carbocycles. The van der Waals surface area contributed by atoms with Crippen LogP contribution in [-0.4, -0.2) is 40.8 Å². The molecule has 8 heteroatoms. The fourth-order valence-corrected chi connectivity index (χ4v) is 4.55. The van der Waals surface area contributed by atoms with Crippen LogP contribution in [0.5, 0.6) is 0 Å². The molecule has 1 atom stereocenters. The Hall–Kier alpha value is -1.44. The summed E-state index contributed by atoms with van der Waals surface area (Å²) in [5.41, 5.74) is 1.03. The summed E-state index contributed by atoms with van der Waals surface area (Å²) in [6, 6.07) is 6.34. The molecular formula is C15H17ClN4O2S. The van der Waals surface area contributed by atoms with E-state index in [1.807, 2.05) is 10.9 Å². The number of hydrogen-bond donors (Lipinski definition) is 0. The minimum atomic E-state index is -3.48. The molecule has 0 N–H and O–H groups in total. The van der Waals surface area contributed by atoms with Crippen molar-refractivity contribution in [3.05, 3.63) is 41.2 Å². The molecule has 1 saturated heterocycles. The predicted molar refractivity (Wildman–Crippen MR) is 85.9 cm³/mol. The van der Waals surface area contributed by atoms with E-state index in [2.05, 4.69) is 10.3 Å². The molecule has 1 aliphatic heterocycles. The molecule has 1 unspecified atom stereocenters. The summed E-state index contributed by atoms with van der Waals surface area (Å²) in [5, 5.41) is 8.92. The Morgan fingerprint density at radius 3 is 2.57 bits per heavy atom. The van der Waals surface area contributed by atoms with Gasteiger partial charge in [-0.05, 0) is 43.5 Å². The molecule has 6 nitrogen and oxygen atoms in total. The quantitative estimate of drug-likeness (QED) is 0.847. The molecule has 2 heterocycles. The first-order valence-electron chi connectivity index (χ1n) is 7.71. The standard InChI is InChI=1S/C15H17ClN4O2S/c16-12-3-5-14(6-4-12)23(21,22)19-8-7-13(9-19)20-10-15(17-18-20)11-1-2-11/h3-6,10-11,13H,1-2,7-9H2. The van der Waals surface area contributed by atoms with Gasteiger partial charge in [0.1, 0.15) is 0 Å². The van der Waals surface area contributed by atoms with E-state index in [1.54, 1.807) is 24.3 Å². The molecule has 0 amide bonds. The molecule has 0 spiro atoms. The summed E-state index contributed by atoms with van der Waals surface area (Å²) in [7, 11) is -3.48. The Bertz CT molecular complexity index is 814. The van der Waals surface area contributed by atoms with Crippen LogP contribution >= 0.6 is 11.6 Å². The molecule has 122 valence electrons. The van der Waals surface area contributed by atoms with Crippen molar-refractivity contribution in [2.45, 2.75) is 36.1 Å². The summed E-state index contributed by atoms with van der Waals surface area (Å²) in [6.07, 6.45) is 5.09. The van der Waals surface area contributed by atoms with E-state index in [1.165, 1.54) is 17.1 Å². The molecule has 0 bridgehead atoms. The number of halogens is 1. The van der Waals surface area contributed by atoms with Gasteiger partial charge in [0.25, 0.3) is 0 Å². The van der Waals surface area contributed by atoms with Gasteiger partial charge in [0.05, 0.1) is 16.6 Å². The lowest BCUT2D eigenvalue weighted by molar-refractivity contribution is 0.428. The molecule has 23 heavy (non-hydrogen) atoms. The van der Waals surface area contributed by atoms with Crippen molar-refractivity contribution < 1.29 is 8.42 Å². The highest BCUT2D eigenvalue weighted by molar-refractivity contribution is 7.89. The Balaban J connectivity index is 1.51. The van der Waals surface area contributed by atoms with Gasteiger partial charge in [-0.2, -0.15) is 4.31 Å². The maximum absolute atomic E-state index is 12.7. The first-order valence-corrected chi connectivity index (χ1v) is 9.53. The highest BCUT2D eigenvalue weighted by Gasteiger charge is 2.35. The largest absolute Gasteiger partial charge is 0.248 e. The molecular weight excluding hydrogens is 336 g/mol. The number of aromatic nitrogens is 3. The third kappa shape index (κ3) is 2.88. The lowest BCUT2D eigenvalue weighted by Gasteiger charge is -2.16. The van der Waals surface area contributed by atoms with Gasteiger partial charge in [-0.1, -0.05) is 16.8 Å². The first-order chi connectivity index (χ1) is 11.0. The van der Waals surface area contributed by atoms with Gasteiger partial charge in [-0.25, -0.2) is 13.1 Å². The zero-order valence-electron chi connectivity index (χ0n) is 12.5. The van der Waals surface area contributed by atoms with Crippen LogP contribution in [0.4, 0.5) is 0 Å². The molecule has 2 fully saturated rings. The number of nitrogens with zero attached hydrogens (tertiary/aromatic N) is 4. The van der Waals surface area contributed by atoms with Crippen LogP contribution in [0.15, 0.2) is 35.4 Å². The topological polar surface area (TPSA) is 68.1 Å². The number of sulfonamides is 1. The van der Waals surface area contributed by atoms with E-state index >= 15 is 0 Å². The summed E-state index contributed by atoms with van der Waals surface area (Å²) < 4.78 is 28.7. The molecule has 0 radical (unpaired) electrons. The Kier molecular flexibility index (Phi) is 3.66. The number of rotatable bonds is 4. The van der Waals surface area contributed by atoms with Gasteiger partial charge >= 0.3 is 0 Å². The lowest BCUT2D eigenvalue weighted by atomic mass is 10.2. The summed E-state index contributed by atoms with van der Waals surface area (Å²) in [4.78, 5) is 0.278. The first kappa shape index (κ1) is 15.1. The van der Waals surface area contributed by atoms with E-state index in [0.29, 0.717) is 24.0 Å². The van der Waals surface area contributed by atoms with Crippen LogP contribution in [0.25, 0.3) is 0 Å². The molecule has 1 aromatic carbocycles. The van der Waals surface area contributed by atoms with E-state index < -0.39 is 10.0 Å². The monoisotopic (exact) mass is 352 g/mol. The molecule has 2 aliphatic rings. The van der Waals surface area contributed by atoms with Crippen molar-refractivity contribution in [1.82, 2.24) is 19.3 Å². The van der Waals surface area contributed by atoms with Gasteiger partial charge in [-0.3, -0.25) is 0 Å². The van der Waals surface area contributed by atoms with E-state index in [4.69, 9.17) is 11.6 Å². The Labute approximate surface area is 140 Å². The summed E-state index contributed by atoms with van der Waals surface area (Å²) in [6.45, 7) is 0.923. The highest BCUT2D eigenvalue weighted by Crippen LogP contribution is 2.39. The van der Waals surface area contributed by atoms with Crippen molar-refractivity contribution in [1.29, 1.82) is 0 Å². The van der Waals surface area contributed by atoms with E-state index in [9.17, 15) is 8.42 Å². The SMILES string of the molecule is O=S(=O)(c1ccc(Cl)cc1)N1CCC(n2cc(C3CC3)nn2)C1. The molecule has 2 aromatic rings. The maximum Gasteiger partial charge on any atom is 0.243 e. The Morgan fingerprint density at radius 2 is 1.87 bits per heavy atom. The van der Waals surface area contributed by atoms with Crippen molar-refractivity contribution in [3.63, 3.8) is 0 Å². The van der Waals surface area contributed by atoms with E-state index in [0.717, 1.165) is 12.1 Å². The van der Waals surface area contributed by atoms with Gasteiger partial charge in [0.15, 0.2) is 0 Å². The van der Waals surface area contributed by atoms with Crippen molar-refractivity contribution in [3.8, 4) is 0 Å². The van der Waals surface area contributed by atoms with Gasteiger partial charge < -0.3 is 0 Å². The minimum absolute atomic E-state index is 0.0528. The van der Waals surface area contributed by atoms with Crippen LogP contribution in [-0.2, 0) is 10.0 Å². The van der Waals surface area contributed by atoms with Crippen LogP contribution in [0.2, 0.25) is 5.02 Å².